The molecule has 1 aromatic carbocycles. The molecule has 0 amide bonds. The summed E-state index contributed by atoms with van der Waals surface area (Å²) in [6.45, 7) is 0.958. The third-order valence-electron chi connectivity index (χ3n) is 3.49. The second kappa shape index (κ2) is 6.13. The normalized spacial score (nSPS) is 22.2. The first kappa shape index (κ1) is 14.5. The summed E-state index contributed by atoms with van der Waals surface area (Å²) >= 11 is 3.43. The smallest absolute Gasteiger partial charge is 0.235 e. The van der Waals surface area contributed by atoms with Gasteiger partial charge in [-0.1, -0.05) is 5.16 Å². The third-order valence-corrected chi connectivity index (χ3v) is 4.11. The lowest BCUT2D eigenvalue weighted by Gasteiger charge is -2.24. The van der Waals surface area contributed by atoms with Gasteiger partial charge in [-0.2, -0.15) is 4.98 Å². The predicted octanol–water partition coefficient (Wildman–Crippen LogP) is 2.37. The predicted molar refractivity (Wildman–Crippen MR) is 78.2 cm³/mol. The van der Waals surface area contributed by atoms with E-state index in [-0.39, 0.29) is 5.92 Å². The number of rotatable bonds is 3. The van der Waals surface area contributed by atoms with Gasteiger partial charge < -0.3 is 19.1 Å². The third kappa shape index (κ3) is 2.95. The number of methoxy groups -OCH3 is 1. The van der Waals surface area contributed by atoms with E-state index in [9.17, 15) is 5.11 Å². The highest BCUT2D eigenvalue weighted by Gasteiger charge is 2.30. The summed E-state index contributed by atoms with van der Waals surface area (Å²) in [4.78, 5) is 4.37. The first-order valence-electron chi connectivity index (χ1n) is 6.62. The summed E-state index contributed by atoms with van der Waals surface area (Å²) in [5.41, 5.74) is 0.809. The Hall–Kier alpha value is -1.44. The van der Waals surface area contributed by atoms with Crippen molar-refractivity contribution in [3.05, 3.63) is 28.6 Å². The molecule has 0 aliphatic carbocycles. The van der Waals surface area contributed by atoms with Crippen molar-refractivity contribution in [2.75, 3.05) is 20.3 Å². The van der Waals surface area contributed by atoms with Crippen LogP contribution in [-0.2, 0) is 4.74 Å². The minimum atomic E-state index is -0.505. The molecule has 3 rings (SSSR count). The minimum Gasteiger partial charge on any atom is -0.496 e. The van der Waals surface area contributed by atoms with E-state index in [1.807, 2.05) is 18.2 Å². The maximum atomic E-state index is 9.98. The van der Waals surface area contributed by atoms with Crippen LogP contribution in [0, 0.1) is 0 Å². The SMILES string of the molecule is COc1ccc(-c2noc(C3COCCC3O)n2)cc1Br. The highest BCUT2D eigenvalue weighted by Crippen LogP contribution is 2.31. The van der Waals surface area contributed by atoms with Crippen LogP contribution >= 0.6 is 15.9 Å². The number of hydrogen-bond acceptors (Lipinski definition) is 6. The molecule has 0 bridgehead atoms. The van der Waals surface area contributed by atoms with Crippen molar-refractivity contribution in [1.82, 2.24) is 10.1 Å². The highest BCUT2D eigenvalue weighted by molar-refractivity contribution is 9.10. The number of hydrogen-bond donors (Lipinski definition) is 1. The molecule has 0 spiro atoms. The second-order valence-corrected chi connectivity index (χ2v) is 5.70. The fourth-order valence-electron chi connectivity index (χ4n) is 2.27. The van der Waals surface area contributed by atoms with E-state index in [1.54, 1.807) is 7.11 Å². The van der Waals surface area contributed by atoms with Gasteiger partial charge in [-0.05, 0) is 40.5 Å². The average Bonchev–Trinajstić information content (AvgIpc) is 2.97. The van der Waals surface area contributed by atoms with E-state index >= 15 is 0 Å². The fraction of sp³-hybridized carbons (Fsp3) is 0.429. The van der Waals surface area contributed by atoms with Crippen molar-refractivity contribution >= 4 is 15.9 Å². The maximum absolute atomic E-state index is 9.98. The fourth-order valence-corrected chi connectivity index (χ4v) is 2.81. The zero-order valence-corrected chi connectivity index (χ0v) is 13.0. The summed E-state index contributed by atoms with van der Waals surface area (Å²) < 4.78 is 16.6. The molecule has 0 radical (unpaired) electrons. The van der Waals surface area contributed by atoms with E-state index in [4.69, 9.17) is 14.0 Å². The molecule has 1 N–H and O–H groups in total. The zero-order valence-electron chi connectivity index (χ0n) is 11.5. The molecule has 7 heteroatoms. The van der Waals surface area contributed by atoms with Crippen LogP contribution in [-0.4, -0.2) is 41.7 Å². The largest absolute Gasteiger partial charge is 0.496 e. The van der Waals surface area contributed by atoms with Crippen LogP contribution in [0.5, 0.6) is 5.75 Å². The Kier molecular flexibility index (Phi) is 4.23. The summed E-state index contributed by atoms with van der Waals surface area (Å²) in [6.07, 6.45) is 0.0749. The molecule has 1 fully saturated rings. The molecular formula is C14H15BrN2O4. The summed E-state index contributed by atoms with van der Waals surface area (Å²) in [6, 6.07) is 5.54. The minimum absolute atomic E-state index is 0.262. The molecule has 1 aromatic heterocycles. The van der Waals surface area contributed by atoms with Gasteiger partial charge in [0.15, 0.2) is 0 Å². The Bertz CT molecular complexity index is 631. The molecule has 2 heterocycles. The van der Waals surface area contributed by atoms with Gasteiger partial charge in [-0.3, -0.25) is 0 Å². The van der Waals surface area contributed by atoms with E-state index in [2.05, 4.69) is 26.1 Å². The van der Waals surface area contributed by atoms with Crippen molar-refractivity contribution in [1.29, 1.82) is 0 Å². The van der Waals surface area contributed by atoms with Gasteiger partial charge in [-0.15, -0.1) is 0 Å². The topological polar surface area (TPSA) is 77.6 Å². The summed E-state index contributed by atoms with van der Waals surface area (Å²) in [5, 5.41) is 14.0. The molecule has 112 valence electrons. The molecular weight excluding hydrogens is 340 g/mol. The van der Waals surface area contributed by atoms with Crippen molar-refractivity contribution < 1.29 is 19.1 Å². The van der Waals surface area contributed by atoms with Gasteiger partial charge in [0.25, 0.3) is 0 Å². The average molecular weight is 355 g/mol. The van der Waals surface area contributed by atoms with Crippen molar-refractivity contribution in [2.24, 2.45) is 0 Å². The van der Waals surface area contributed by atoms with Crippen LogP contribution in [0.3, 0.4) is 0 Å². The van der Waals surface area contributed by atoms with Gasteiger partial charge in [0, 0.05) is 12.2 Å². The number of aromatic nitrogens is 2. The molecule has 21 heavy (non-hydrogen) atoms. The lowest BCUT2D eigenvalue weighted by molar-refractivity contribution is -0.0149. The quantitative estimate of drug-likeness (QED) is 0.911. The van der Waals surface area contributed by atoms with E-state index < -0.39 is 6.10 Å². The van der Waals surface area contributed by atoms with Crippen molar-refractivity contribution in [3.8, 4) is 17.1 Å². The van der Waals surface area contributed by atoms with Crippen LogP contribution in [0.4, 0.5) is 0 Å². The molecule has 1 saturated heterocycles. The van der Waals surface area contributed by atoms with Crippen molar-refractivity contribution in [2.45, 2.75) is 18.4 Å². The summed E-state index contributed by atoms with van der Waals surface area (Å²) in [5.74, 6) is 1.36. The number of aliphatic hydroxyl groups excluding tert-OH is 1. The molecule has 2 aromatic rings. The highest BCUT2D eigenvalue weighted by atomic mass is 79.9. The first-order valence-corrected chi connectivity index (χ1v) is 7.41. The standard InChI is InChI=1S/C14H15BrN2O4/c1-19-12-3-2-8(6-10(12)15)13-16-14(21-17-13)9-7-20-5-4-11(9)18/h2-3,6,9,11,18H,4-5,7H2,1H3. The lowest BCUT2D eigenvalue weighted by atomic mass is 9.99. The molecule has 1 aliphatic rings. The molecule has 1 aliphatic heterocycles. The Labute approximate surface area is 130 Å². The van der Waals surface area contributed by atoms with Gasteiger partial charge in [0.1, 0.15) is 5.75 Å². The van der Waals surface area contributed by atoms with Crippen molar-refractivity contribution in [3.63, 3.8) is 0 Å². The maximum Gasteiger partial charge on any atom is 0.235 e. The molecule has 6 nitrogen and oxygen atoms in total. The monoisotopic (exact) mass is 354 g/mol. The Morgan fingerprint density at radius 1 is 1.43 bits per heavy atom. The van der Waals surface area contributed by atoms with Gasteiger partial charge in [0.05, 0.1) is 30.2 Å². The second-order valence-electron chi connectivity index (χ2n) is 4.84. The number of aliphatic hydroxyl groups is 1. The Morgan fingerprint density at radius 2 is 2.29 bits per heavy atom. The first-order chi connectivity index (χ1) is 10.2. The van der Waals surface area contributed by atoms with E-state index in [1.165, 1.54) is 0 Å². The number of nitrogens with zero attached hydrogens (tertiary/aromatic N) is 2. The van der Waals surface area contributed by atoms with Gasteiger partial charge >= 0.3 is 0 Å². The van der Waals surface area contributed by atoms with E-state index in [0.717, 1.165) is 15.8 Å². The zero-order chi connectivity index (χ0) is 14.8. The molecule has 2 unspecified atom stereocenters. The summed E-state index contributed by atoms with van der Waals surface area (Å²) in [7, 11) is 1.61. The molecule has 0 saturated carbocycles. The molecule has 2 atom stereocenters. The van der Waals surface area contributed by atoms with Crippen LogP contribution in [0.15, 0.2) is 27.2 Å². The number of benzene rings is 1. The van der Waals surface area contributed by atoms with Crippen LogP contribution in [0.25, 0.3) is 11.4 Å². The van der Waals surface area contributed by atoms with Gasteiger partial charge in [-0.25, -0.2) is 0 Å². The Morgan fingerprint density at radius 3 is 3.00 bits per heavy atom. The van der Waals surface area contributed by atoms with Crippen LogP contribution < -0.4 is 4.74 Å². The van der Waals surface area contributed by atoms with Crippen LogP contribution in [0.1, 0.15) is 18.2 Å². The van der Waals surface area contributed by atoms with Crippen LogP contribution in [0.2, 0.25) is 0 Å². The van der Waals surface area contributed by atoms with Gasteiger partial charge in [0.2, 0.25) is 11.7 Å². The number of halogens is 1. The Balaban J connectivity index is 1.86. The number of ether oxygens (including phenoxy) is 2. The lowest BCUT2D eigenvalue weighted by Crippen LogP contribution is -2.30. The van der Waals surface area contributed by atoms with E-state index in [0.29, 0.717) is 31.3 Å².